The van der Waals surface area contributed by atoms with E-state index in [0.29, 0.717) is 5.56 Å². The fourth-order valence-corrected chi connectivity index (χ4v) is 0.866. The van der Waals surface area contributed by atoms with Gasteiger partial charge in [0.25, 0.3) is 0 Å². The lowest BCUT2D eigenvalue weighted by atomic mass is 10.2. The monoisotopic (exact) mass is 209 g/mol. The second-order valence-corrected chi connectivity index (χ2v) is 4.19. The third kappa shape index (κ3) is 3.89. The van der Waals surface area contributed by atoms with Crippen molar-refractivity contribution in [2.45, 2.75) is 26.4 Å². The van der Waals surface area contributed by atoms with Crippen molar-refractivity contribution in [3.8, 4) is 11.5 Å². The number of oxime groups is 1. The van der Waals surface area contributed by atoms with Gasteiger partial charge in [-0.2, -0.15) is 0 Å². The predicted octanol–water partition coefficient (Wildman–Crippen LogP) is 2.25. The van der Waals surface area contributed by atoms with E-state index in [1.54, 1.807) is 6.07 Å². The van der Waals surface area contributed by atoms with Crippen LogP contribution in [0, 0.1) is 0 Å². The lowest BCUT2D eigenvalue weighted by Crippen LogP contribution is -2.15. The minimum Gasteiger partial charge on any atom is -0.504 e. The SMILES string of the molecule is CC(C)(C)ON=Cc1ccc(O)c(O)c1. The van der Waals surface area contributed by atoms with Crippen molar-refractivity contribution in [1.82, 2.24) is 0 Å². The van der Waals surface area contributed by atoms with Crippen LogP contribution >= 0.6 is 0 Å². The summed E-state index contributed by atoms with van der Waals surface area (Å²) in [5.41, 5.74) is 0.324. The molecule has 0 aliphatic rings. The van der Waals surface area contributed by atoms with E-state index in [4.69, 9.17) is 9.94 Å². The molecule has 0 heterocycles. The molecule has 0 radical (unpaired) electrons. The Hall–Kier alpha value is -1.71. The zero-order valence-corrected chi connectivity index (χ0v) is 9.06. The third-order valence-electron chi connectivity index (χ3n) is 1.53. The molecule has 0 bridgehead atoms. The molecule has 15 heavy (non-hydrogen) atoms. The van der Waals surface area contributed by atoms with Crippen molar-refractivity contribution in [3.63, 3.8) is 0 Å². The molecule has 0 fully saturated rings. The number of nitrogens with zero attached hydrogens (tertiary/aromatic N) is 1. The molecule has 1 rings (SSSR count). The second-order valence-electron chi connectivity index (χ2n) is 4.19. The average molecular weight is 209 g/mol. The van der Waals surface area contributed by atoms with Gasteiger partial charge in [-0.15, -0.1) is 0 Å². The molecule has 2 N–H and O–H groups in total. The standard InChI is InChI=1S/C11H15NO3/c1-11(2,3)15-12-7-8-4-5-9(13)10(14)6-8/h4-7,13-14H,1-3H3. The van der Waals surface area contributed by atoms with E-state index in [-0.39, 0.29) is 17.1 Å². The molecule has 0 unspecified atom stereocenters. The lowest BCUT2D eigenvalue weighted by Gasteiger charge is -2.14. The van der Waals surface area contributed by atoms with Crippen molar-refractivity contribution in [3.05, 3.63) is 23.8 Å². The molecule has 1 aromatic rings. The highest BCUT2D eigenvalue weighted by atomic mass is 16.6. The molecule has 0 aromatic heterocycles. The zero-order chi connectivity index (χ0) is 11.5. The van der Waals surface area contributed by atoms with Crippen LogP contribution in [0.4, 0.5) is 0 Å². The molecule has 0 saturated heterocycles. The topological polar surface area (TPSA) is 62.0 Å². The molecule has 0 spiro atoms. The maximum Gasteiger partial charge on any atom is 0.158 e. The van der Waals surface area contributed by atoms with Crippen molar-refractivity contribution in [2.75, 3.05) is 0 Å². The summed E-state index contributed by atoms with van der Waals surface area (Å²) in [4.78, 5) is 5.13. The maximum absolute atomic E-state index is 9.21. The summed E-state index contributed by atoms with van der Waals surface area (Å²) in [6.45, 7) is 5.66. The Morgan fingerprint density at radius 2 is 1.87 bits per heavy atom. The predicted molar refractivity (Wildman–Crippen MR) is 58.2 cm³/mol. The van der Waals surface area contributed by atoms with Gasteiger partial charge in [0, 0.05) is 0 Å². The fraction of sp³-hybridized carbons (Fsp3) is 0.364. The summed E-state index contributed by atoms with van der Waals surface area (Å²) in [6.07, 6.45) is 1.48. The molecule has 0 atom stereocenters. The number of rotatable bonds is 2. The Kier molecular flexibility index (Phi) is 3.19. The van der Waals surface area contributed by atoms with Crippen LogP contribution in [0.15, 0.2) is 23.4 Å². The minimum absolute atomic E-state index is 0.149. The molecule has 0 saturated carbocycles. The summed E-state index contributed by atoms with van der Waals surface area (Å²) >= 11 is 0. The number of hydrogen-bond acceptors (Lipinski definition) is 4. The van der Waals surface area contributed by atoms with Gasteiger partial charge in [0.2, 0.25) is 0 Å². The van der Waals surface area contributed by atoms with Crippen LogP contribution in [0.2, 0.25) is 0 Å². The summed E-state index contributed by atoms with van der Waals surface area (Å²) in [5.74, 6) is -0.321. The Labute approximate surface area is 88.8 Å². The van der Waals surface area contributed by atoms with E-state index < -0.39 is 0 Å². The molecule has 0 aliphatic heterocycles. The van der Waals surface area contributed by atoms with Crippen LogP contribution < -0.4 is 0 Å². The Balaban J connectivity index is 2.69. The number of phenols is 2. The van der Waals surface area contributed by atoms with Gasteiger partial charge in [-0.3, -0.25) is 0 Å². The van der Waals surface area contributed by atoms with Gasteiger partial charge in [-0.05, 0) is 44.5 Å². The van der Waals surface area contributed by atoms with E-state index >= 15 is 0 Å². The molecular weight excluding hydrogens is 194 g/mol. The van der Waals surface area contributed by atoms with Crippen LogP contribution in [0.3, 0.4) is 0 Å². The average Bonchev–Trinajstić information content (AvgIpc) is 2.09. The number of benzene rings is 1. The normalized spacial score (nSPS) is 11.9. The Morgan fingerprint density at radius 1 is 1.20 bits per heavy atom. The molecular formula is C11H15NO3. The Bertz CT molecular complexity index is 367. The first-order chi connectivity index (χ1) is 6.88. The number of aromatic hydroxyl groups is 2. The zero-order valence-electron chi connectivity index (χ0n) is 9.06. The summed E-state index contributed by atoms with van der Waals surface area (Å²) < 4.78 is 0. The lowest BCUT2D eigenvalue weighted by molar-refractivity contribution is 0.00199. The summed E-state index contributed by atoms with van der Waals surface area (Å²) in [6, 6.07) is 4.43. The van der Waals surface area contributed by atoms with Gasteiger partial charge >= 0.3 is 0 Å². The first-order valence-corrected chi connectivity index (χ1v) is 4.62. The van der Waals surface area contributed by atoms with Crippen molar-refractivity contribution < 1.29 is 15.1 Å². The van der Waals surface area contributed by atoms with Gasteiger partial charge in [-0.25, -0.2) is 0 Å². The summed E-state index contributed by atoms with van der Waals surface area (Å²) in [7, 11) is 0. The molecule has 82 valence electrons. The molecule has 4 nitrogen and oxygen atoms in total. The van der Waals surface area contributed by atoms with Gasteiger partial charge in [0.1, 0.15) is 5.60 Å². The van der Waals surface area contributed by atoms with Gasteiger partial charge in [0.15, 0.2) is 11.5 Å². The van der Waals surface area contributed by atoms with E-state index in [1.807, 2.05) is 20.8 Å². The van der Waals surface area contributed by atoms with Gasteiger partial charge < -0.3 is 15.1 Å². The van der Waals surface area contributed by atoms with Crippen LogP contribution in [0.1, 0.15) is 26.3 Å². The molecule has 0 amide bonds. The van der Waals surface area contributed by atoms with Crippen LogP contribution in [0.5, 0.6) is 11.5 Å². The molecule has 4 heteroatoms. The first-order valence-electron chi connectivity index (χ1n) is 4.62. The van der Waals surface area contributed by atoms with E-state index in [9.17, 15) is 5.11 Å². The van der Waals surface area contributed by atoms with E-state index in [0.717, 1.165) is 0 Å². The van der Waals surface area contributed by atoms with Crippen molar-refractivity contribution >= 4 is 6.21 Å². The molecule has 1 aromatic carbocycles. The number of phenolic OH excluding ortho intramolecular Hbond substituents is 2. The van der Waals surface area contributed by atoms with Crippen LogP contribution in [0.25, 0.3) is 0 Å². The van der Waals surface area contributed by atoms with Crippen molar-refractivity contribution in [2.24, 2.45) is 5.16 Å². The second kappa shape index (κ2) is 4.21. The smallest absolute Gasteiger partial charge is 0.158 e. The maximum atomic E-state index is 9.21. The van der Waals surface area contributed by atoms with Crippen LogP contribution in [-0.4, -0.2) is 22.0 Å². The number of hydrogen-bond donors (Lipinski definition) is 2. The Morgan fingerprint density at radius 3 is 2.40 bits per heavy atom. The highest BCUT2D eigenvalue weighted by molar-refractivity contribution is 5.80. The molecule has 0 aliphatic carbocycles. The summed E-state index contributed by atoms with van der Waals surface area (Å²) in [5, 5.41) is 22.0. The largest absolute Gasteiger partial charge is 0.504 e. The third-order valence-corrected chi connectivity index (χ3v) is 1.53. The van der Waals surface area contributed by atoms with E-state index in [2.05, 4.69) is 5.16 Å². The van der Waals surface area contributed by atoms with Crippen LogP contribution in [-0.2, 0) is 4.84 Å². The first kappa shape index (κ1) is 11.4. The highest BCUT2D eigenvalue weighted by Gasteiger charge is 2.09. The highest BCUT2D eigenvalue weighted by Crippen LogP contribution is 2.24. The minimum atomic E-state index is -0.338. The van der Waals surface area contributed by atoms with E-state index in [1.165, 1.54) is 18.3 Å². The van der Waals surface area contributed by atoms with Gasteiger partial charge in [0.05, 0.1) is 6.21 Å². The fourth-order valence-electron chi connectivity index (χ4n) is 0.866. The quantitative estimate of drug-likeness (QED) is 0.446. The van der Waals surface area contributed by atoms with Gasteiger partial charge in [-0.1, -0.05) is 5.16 Å². The van der Waals surface area contributed by atoms with Crippen molar-refractivity contribution in [1.29, 1.82) is 0 Å².